The first-order valence-electron chi connectivity index (χ1n) is 9.92. The number of rotatable bonds is 10. The summed E-state index contributed by atoms with van der Waals surface area (Å²) < 4.78 is 9.82. The van der Waals surface area contributed by atoms with Gasteiger partial charge in [-0.05, 0) is 18.1 Å². The van der Waals surface area contributed by atoms with E-state index in [2.05, 4.69) is 10.6 Å². The van der Waals surface area contributed by atoms with Crippen LogP contribution in [0.1, 0.15) is 23.1 Å². The first kappa shape index (κ1) is 23.9. The molecular weight excluding hydrogens is 400 g/mol. The standard InChI is InChI=1S/C23H28N2O6/c1-16-7-6-10-18(11-16)12-20(22(28)30-2)25-21(27)13-19(26)14-24-23(29)31-15-17-8-4-3-5-9-17/h3-11,19-20,26H,12-15H2,1-2H3,(H,24,29)(H,25,27)/t19-,20+/m0/s1. The van der Waals surface area contributed by atoms with Gasteiger partial charge in [-0.25, -0.2) is 9.59 Å². The van der Waals surface area contributed by atoms with Gasteiger partial charge in [-0.15, -0.1) is 0 Å². The van der Waals surface area contributed by atoms with Crippen molar-refractivity contribution < 1.29 is 29.0 Å². The maximum absolute atomic E-state index is 12.3. The van der Waals surface area contributed by atoms with Gasteiger partial charge in [-0.3, -0.25) is 4.79 Å². The fourth-order valence-corrected chi connectivity index (χ4v) is 2.93. The van der Waals surface area contributed by atoms with Gasteiger partial charge in [-0.2, -0.15) is 0 Å². The van der Waals surface area contributed by atoms with E-state index in [1.54, 1.807) is 0 Å². The summed E-state index contributed by atoms with van der Waals surface area (Å²) in [5.74, 6) is -1.11. The molecule has 0 fully saturated rings. The first-order valence-corrected chi connectivity index (χ1v) is 9.92. The van der Waals surface area contributed by atoms with E-state index < -0.39 is 30.1 Å². The number of carbonyl (C=O) groups is 3. The molecule has 8 heteroatoms. The summed E-state index contributed by atoms with van der Waals surface area (Å²) in [6.07, 6.45) is -1.86. The Bertz CT molecular complexity index is 871. The number of hydrogen-bond acceptors (Lipinski definition) is 6. The highest BCUT2D eigenvalue weighted by Crippen LogP contribution is 2.08. The van der Waals surface area contributed by atoms with Gasteiger partial charge in [0.2, 0.25) is 5.91 Å². The van der Waals surface area contributed by atoms with Crippen LogP contribution in [0.2, 0.25) is 0 Å². The van der Waals surface area contributed by atoms with Crippen molar-refractivity contribution in [2.24, 2.45) is 0 Å². The van der Waals surface area contributed by atoms with Crippen LogP contribution < -0.4 is 10.6 Å². The molecule has 0 saturated heterocycles. The highest BCUT2D eigenvalue weighted by atomic mass is 16.5. The number of aliphatic hydroxyl groups excluding tert-OH is 1. The SMILES string of the molecule is COC(=O)[C@@H](Cc1cccc(C)c1)NC(=O)C[C@H](O)CNC(=O)OCc1ccccc1. The monoisotopic (exact) mass is 428 g/mol. The zero-order valence-corrected chi connectivity index (χ0v) is 17.7. The van der Waals surface area contributed by atoms with E-state index in [4.69, 9.17) is 9.47 Å². The Kier molecular flexibility index (Phi) is 9.51. The van der Waals surface area contributed by atoms with Gasteiger partial charge >= 0.3 is 12.1 Å². The molecule has 0 heterocycles. The minimum Gasteiger partial charge on any atom is -0.467 e. The summed E-state index contributed by atoms with van der Waals surface area (Å²) in [4.78, 5) is 36.1. The van der Waals surface area contributed by atoms with Crippen LogP contribution in [0.5, 0.6) is 0 Å². The van der Waals surface area contributed by atoms with E-state index in [-0.39, 0.29) is 26.0 Å². The molecule has 2 atom stereocenters. The Labute approximate surface area is 181 Å². The number of amides is 2. The minimum absolute atomic E-state index is 0.100. The molecule has 8 nitrogen and oxygen atoms in total. The molecule has 166 valence electrons. The average molecular weight is 428 g/mol. The van der Waals surface area contributed by atoms with E-state index in [0.717, 1.165) is 16.7 Å². The fraction of sp³-hybridized carbons (Fsp3) is 0.348. The number of hydrogen-bond donors (Lipinski definition) is 3. The zero-order valence-electron chi connectivity index (χ0n) is 17.7. The third kappa shape index (κ3) is 8.88. The quantitative estimate of drug-likeness (QED) is 0.498. The van der Waals surface area contributed by atoms with Gasteiger partial charge in [-0.1, -0.05) is 60.2 Å². The molecule has 2 aromatic carbocycles. The Morgan fingerprint density at radius 3 is 2.42 bits per heavy atom. The van der Waals surface area contributed by atoms with Crippen LogP contribution in [0, 0.1) is 6.92 Å². The summed E-state index contributed by atoms with van der Waals surface area (Å²) in [5.41, 5.74) is 2.74. The molecule has 2 rings (SSSR count). The molecule has 2 aromatic rings. The number of aryl methyl sites for hydroxylation is 1. The van der Waals surface area contributed by atoms with Crippen molar-refractivity contribution in [3.8, 4) is 0 Å². The highest BCUT2D eigenvalue weighted by molar-refractivity contribution is 5.85. The van der Waals surface area contributed by atoms with Gasteiger partial charge in [0.25, 0.3) is 0 Å². The number of ether oxygens (including phenoxy) is 2. The van der Waals surface area contributed by atoms with E-state index in [0.29, 0.717) is 0 Å². The lowest BCUT2D eigenvalue weighted by molar-refractivity contribution is -0.145. The van der Waals surface area contributed by atoms with Crippen LogP contribution in [0.3, 0.4) is 0 Å². The summed E-state index contributed by atoms with van der Waals surface area (Å²) in [7, 11) is 1.25. The number of methoxy groups -OCH3 is 1. The van der Waals surface area contributed by atoms with Crippen molar-refractivity contribution in [2.75, 3.05) is 13.7 Å². The summed E-state index contributed by atoms with van der Waals surface area (Å²) in [6, 6.07) is 15.9. The highest BCUT2D eigenvalue weighted by Gasteiger charge is 2.23. The molecule has 0 radical (unpaired) electrons. The van der Waals surface area contributed by atoms with Crippen molar-refractivity contribution in [1.29, 1.82) is 0 Å². The smallest absolute Gasteiger partial charge is 0.407 e. The third-order valence-electron chi connectivity index (χ3n) is 4.46. The second-order valence-corrected chi connectivity index (χ2v) is 7.14. The van der Waals surface area contributed by atoms with Crippen LogP contribution in [0.4, 0.5) is 4.79 Å². The van der Waals surface area contributed by atoms with Crippen LogP contribution in [-0.2, 0) is 32.1 Å². The fourth-order valence-electron chi connectivity index (χ4n) is 2.93. The molecule has 0 aromatic heterocycles. The predicted octanol–water partition coefficient (Wildman–Crippen LogP) is 1.87. The largest absolute Gasteiger partial charge is 0.467 e. The third-order valence-corrected chi connectivity index (χ3v) is 4.46. The number of nitrogens with one attached hydrogen (secondary N) is 2. The molecular formula is C23H28N2O6. The predicted molar refractivity (Wildman–Crippen MR) is 114 cm³/mol. The molecule has 3 N–H and O–H groups in total. The summed E-state index contributed by atoms with van der Waals surface area (Å²) >= 11 is 0. The van der Waals surface area contributed by atoms with Gasteiger partial charge in [0, 0.05) is 13.0 Å². The maximum Gasteiger partial charge on any atom is 0.407 e. The Balaban J connectivity index is 1.77. The molecule has 0 spiro atoms. The van der Waals surface area contributed by atoms with Crippen molar-refractivity contribution in [1.82, 2.24) is 10.6 Å². The van der Waals surface area contributed by atoms with Crippen LogP contribution in [-0.4, -0.2) is 48.9 Å². The van der Waals surface area contributed by atoms with E-state index >= 15 is 0 Å². The maximum atomic E-state index is 12.3. The topological polar surface area (TPSA) is 114 Å². The normalized spacial score (nSPS) is 12.4. The van der Waals surface area contributed by atoms with Crippen molar-refractivity contribution >= 4 is 18.0 Å². The lowest BCUT2D eigenvalue weighted by atomic mass is 10.0. The first-order chi connectivity index (χ1) is 14.9. The number of alkyl carbamates (subject to hydrolysis) is 1. The van der Waals surface area contributed by atoms with Crippen LogP contribution in [0.25, 0.3) is 0 Å². The average Bonchev–Trinajstić information content (AvgIpc) is 2.76. The molecule has 0 saturated carbocycles. The van der Waals surface area contributed by atoms with Gasteiger partial charge in [0.15, 0.2) is 0 Å². The van der Waals surface area contributed by atoms with Crippen molar-refractivity contribution in [2.45, 2.75) is 38.5 Å². The summed E-state index contributed by atoms with van der Waals surface area (Å²) in [6.45, 7) is 1.87. The molecule has 0 unspecified atom stereocenters. The molecule has 0 aliphatic heterocycles. The van der Waals surface area contributed by atoms with E-state index in [9.17, 15) is 19.5 Å². The minimum atomic E-state index is -1.14. The Morgan fingerprint density at radius 2 is 1.74 bits per heavy atom. The second-order valence-electron chi connectivity index (χ2n) is 7.14. The lowest BCUT2D eigenvalue weighted by Gasteiger charge is -2.18. The van der Waals surface area contributed by atoms with Crippen molar-refractivity contribution in [3.05, 3.63) is 71.3 Å². The van der Waals surface area contributed by atoms with Crippen LogP contribution >= 0.6 is 0 Å². The van der Waals surface area contributed by atoms with E-state index in [1.165, 1.54) is 7.11 Å². The number of carbonyl (C=O) groups excluding carboxylic acids is 3. The lowest BCUT2D eigenvalue weighted by Crippen LogP contribution is -2.45. The molecule has 0 bridgehead atoms. The van der Waals surface area contributed by atoms with Gasteiger partial charge in [0.05, 0.1) is 19.6 Å². The number of esters is 1. The van der Waals surface area contributed by atoms with Crippen molar-refractivity contribution in [3.63, 3.8) is 0 Å². The number of aliphatic hydroxyl groups is 1. The van der Waals surface area contributed by atoms with Crippen LogP contribution in [0.15, 0.2) is 54.6 Å². The van der Waals surface area contributed by atoms with Gasteiger partial charge in [0.1, 0.15) is 12.6 Å². The number of benzene rings is 2. The zero-order chi connectivity index (χ0) is 22.6. The Hall–Kier alpha value is -3.39. The molecule has 0 aliphatic carbocycles. The summed E-state index contributed by atoms with van der Waals surface area (Å²) in [5, 5.41) is 15.0. The molecule has 31 heavy (non-hydrogen) atoms. The molecule has 2 amide bonds. The second kappa shape index (κ2) is 12.3. The Morgan fingerprint density at radius 1 is 1.03 bits per heavy atom. The van der Waals surface area contributed by atoms with E-state index in [1.807, 2.05) is 61.5 Å². The molecule has 0 aliphatic rings. The van der Waals surface area contributed by atoms with Gasteiger partial charge < -0.3 is 25.2 Å².